The van der Waals surface area contributed by atoms with E-state index in [0.29, 0.717) is 25.6 Å². The zero-order chi connectivity index (χ0) is 14.6. The number of rotatable bonds is 3. The summed E-state index contributed by atoms with van der Waals surface area (Å²) in [6.07, 6.45) is 0.611. The first-order valence-corrected chi connectivity index (χ1v) is 7.04. The normalized spacial score (nSPS) is 19.4. The predicted molar refractivity (Wildman–Crippen MR) is 74.3 cm³/mol. The highest BCUT2D eigenvalue weighted by atomic mass is 35.5. The van der Waals surface area contributed by atoms with Crippen molar-refractivity contribution in [1.82, 2.24) is 9.80 Å². The van der Waals surface area contributed by atoms with Gasteiger partial charge in [0.2, 0.25) is 5.91 Å². The molecule has 5 nitrogen and oxygen atoms in total. The number of amides is 2. The van der Waals surface area contributed by atoms with Gasteiger partial charge in [-0.2, -0.15) is 0 Å². The molecule has 0 unspecified atom stereocenters. The average Bonchev–Trinajstić information content (AvgIpc) is 2.74. The quantitative estimate of drug-likeness (QED) is 0.747. The molecular formula is C13H23ClN2O3. The van der Waals surface area contributed by atoms with Crippen molar-refractivity contribution < 1.29 is 14.3 Å². The fourth-order valence-electron chi connectivity index (χ4n) is 2.07. The first kappa shape index (κ1) is 16.1. The third-order valence-corrected chi connectivity index (χ3v) is 3.24. The highest BCUT2D eigenvalue weighted by molar-refractivity contribution is 6.27. The Morgan fingerprint density at radius 1 is 1.42 bits per heavy atom. The molecule has 0 aromatic rings. The van der Waals surface area contributed by atoms with Gasteiger partial charge in [0.1, 0.15) is 11.5 Å². The zero-order valence-electron chi connectivity index (χ0n) is 12.1. The van der Waals surface area contributed by atoms with E-state index < -0.39 is 5.60 Å². The third kappa shape index (κ3) is 5.27. The molecule has 1 saturated heterocycles. The Hall–Kier alpha value is -0.970. The van der Waals surface area contributed by atoms with Gasteiger partial charge >= 0.3 is 6.09 Å². The van der Waals surface area contributed by atoms with Gasteiger partial charge in [-0.05, 0) is 33.1 Å². The lowest BCUT2D eigenvalue weighted by atomic mass is 10.1. The molecule has 0 bridgehead atoms. The molecule has 0 spiro atoms. The number of carbonyl (C=O) groups excluding carboxylic acids is 2. The monoisotopic (exact) mass is 290 g/mol. The van der Waals surface area contributed by atoms with Crippen LogP contribution >= 0.6 is 11.6 Å². The van der Waals surface area contributed by atoms with Gasteiger partial charge in [0.15, 0.2) is 0 Å². The second-order valence-corrected chi connectivity index (χ2v) is 6.26. The van der Waals surface area contributed by atoms with E-state index in [0.717, 1.165) is 6.42 Å². The van der Waals surface area contributed by atoms with Crippen LogP contribution in [0.3, 0.4) is 0 Å². The van der Waals surface area contributed by atoms with Gasteiger partial charge < -0.3 is 14.5 Å². The molecule has 6 heteroatoms. The Labute approximate surface area is 119 Å². The highest BCUT2D eigenvalue weighted by Crippen LogP contribution is 2.20. The third-order valence-electron chi connectivity index (χ3n) is 3.01. The predicted octanol–water partition coefficient (Wildman–Crippen LogP) is 1.94. The molecule has 0 aliphatic carbocycles. The van der Waals surface area contributed by atoms with E-state index in [1.165, 1.54) is 0 Å². The summed E-state index contributed by atoms with van der Waals surface area (Å²) in [5.41, 5.74) is -0.472. The van der Waals surface area contributed by atoms with Crippen LogP contribution in [0.15, 0.2) is 0 Å². The van der Waals surface area contributed by atoms with Crippen LogP contribution in [-0.4, -0.2) is 60.0 Å². The molecule has 0 aromatic carbocycles. The summed E-state index contributed by atoms with van der Waals surface area (Å²) in [7, 11) is 1.74. The Kier molecular flexibility index (Phi) is 5.47. The Bertz CT molecular complexity index is 341. The molecule has 19 heavy (non-hydrogen) atoms. The summed E-state index contributed by atoms with van der Waals surface area (Å²) in [5.74, 6) is 0.209. The van der Waals surface area contributed by atoms with E-state index in [1.54, 1.807) is 16.8 Å². The Balaban J connectivity index is 2.41. The van der Waals surface area contributed by atoms with Crippen LogP contribution in [0.5, 0.6) is 0 Å². The molecule has 0 aromatic heterocycles. The lowest BCUT2D eigenvalue weighted by Crippen LogP contribution is -2.37. The summed E-state index contributed by atoms with van der Waals surface area (Å²) in [5, 5.41) is 0. The molecule has 1 aliphatic rings. The van der Waals surface area contributed by atoms with Crippen molar-refractivity contribution in [2.75, 3.05) is 32.6 Å². The lowest BCUT2D eigenvalue weighted by Gasteiger charge is -2.25. The van der Waals surface area contributed by atoms with Gasteiger partial charge in [-0.3, -0.25) is 4.79 Å². The largest absolute Gasteiger partial charge is 0.444 e. The van der Waals surface area contributed by atoms with Crippen molar-refractivity contribution in [3.8, 4) is 0 Å². The lowest BCUT2D eigenvalue weighted by molar-refractivity contribution is -0.127. The number of likely N-dealkylation sites (tertiary alicyclic amines) is 1. The van der Waals surface area contributed by atoms with Crippen molar-refractivity contribution in [3.63, 3.8) is 0 Å². The number of nitrogens with zero attached hydrogens (tertiary/aromatic N) is 2. The number of ether oxygens (including phenoxy) is 1. The fourth-order valence-corrected chi connectivity index (χ4v) is 2.27. The van der Waals surface area contributed by atoms with Gasteiger partial charge in [0.05, 0.1) is 0 Å². The van der Waals surface area contributed by atoms with Crippen LogP contribution in [0.4, 0.5) is 4.79 Å². The Morgan fingerprint density at radius 2 is 2.05 bits per heavy atom. The molecule has 0 saturated carbocycles. The van der Waals surface area contributed by atoms with E-state index in [2.05, 4.69) is 0 Å². The number of hydrogen-bond acceptors (Lipinski definition) is 3. The smallest absolute Gasteiger partial charge is 0.410 e. The standard InChI is InChI=1S/C13H23ClN2O3/c1-13(2,3)19-12(18)16-6-5-10(9-16)8-15(4)11(17)7-14/h10H,5-9H2,1-4H3/t10-/m1/s1. The molecule has 1 aliphatic heterocycles. The van der Waals surface area contributed by atoms with Crippen molar-refractivity contribution in [2.45, 2.75) is 32.8 Å². The topological polar surface area (TPSA) is 49.9 Å². The van der Waals surface area contributed by atoms with Crippen LogP contribution < -0.4 is 0 Å². The van der Waals surface area contributed by atoms with Crippen molar-refractivity contribution >= 4 is 23.6 Å². The second-order valence-electron chi connectivity index (χ2n) is 5.99. The summed E-state index contributed by atoms with van der Waals surface area (Å²) in [6.45, 7) is 7.50. The molecule has 1 fully saturated rings. The summed E-state index contributed by atoms with van der Waals surface area (Å²) < 4.78 is 5.33. The molecule has 2 amide bonds. The maximum absolute atomic E-state index is 11.9. The number of alkyl halides is 1. The summed E-state index contributed by atoms with van der Waals surface area (Å²) in [4.78, 5) is 26.6. The maximum atomic E-state index is 11.9. The average molecular weight is 291 g/mol. The molecule has 1 atom stereocenters. The minimum Gasteiger partial charge on any atom is -0.444 e. The molecule has 1 rings (SSSR count). The fraction of sp³-hybridized carbons (Fsp3) is 0.846. The Morgan fingerprint density at radius 3 is 2.58 bits per heavy atom. The van der Waals surface area contributed by atoms with Gasteiger partial charge in [-0.15, -0.1) is 11.6 Å². The van der Waals surface area contributed by atoms with Gasteiger partial charge in [0, 0.05) is 26.7 Å². The number of carbonyl (C=O) groups is 2. The van der Waals surface area contributed by atoms with Crippen LogP contribution in [0.1, 0.15) is 27.2 Å². The van der Waals surface area contributed by atoms with Crippen molar-refractivity contribution in [2.24, 2.45) is 5.92 Å². The highest BCUT2D eigenvalue weighted by Gasteiger charge is 2.30. The van der Waals surface area contributed by atoms with E-state index in [9.17, 15) is 9.59 Å². The summed E-state index contributed by atoms with van der Waals surface area (Å²) >= 11 is 5.51. The van der Waals surface area contributed by atoms with Crippen LogP contribution in [0.25, 0.3) is 0 Å². The SMILES string of the molecule is CN(C[C@H]1CCN(C(=O)OC(C)(C)C)C1)C(=O)CCl. The van der Waals surface area contributed by atoms with Crippen LogP contribution in [0.2, 0.25) is 0 Å². The van der Waals surface area contributed by atoms with Gasteiger partial charge in [0.25, 0.3) is 0 Å². The molecule has 110 valence electrons. The summed E-state index contributed by atoms with van der Waals surface area (Å²) in [6, 6.07) is 0. The number of halogens is 1. The second kappa shape index (κ2) is 6.46. The maximum Gasteiger partial charge on any atom is 0.410 e. The van der Waals surface area contributed by atoms with Gasteiger partial charge in [-0.25, -0.2) is 4.79 Å². The van der Waals surface area contributed by atoms with Crippen molar-refractivity contribution in [3.05, 3.63) is 0 Å². The van der Waals surface area contributed by atoms with Gasteiger partial charge in [-0.1, -0.05) is 0 Å². The van der Waals surface area contributed by atoms with E-state index >= 15 is 0 Å². The zero-order valence-corrected chi connectivity index (χ0v) is 12.9. The van der Waals surface area contributed by atoms with E-state index in [1.807, 2.05) is 20.8 Å². The minimum absolute atomic E-state index is 0.000992. The molecule has 1 heterocycles. The molecular weight excluding hydrogens is 268 g/mol. The van der Waals surface area contributed by atoms with E-state index in [4.69, 9.17) is 16.3 Å². The van der Waals surface area contributed by atoms with Crippen LogP contribution in [0, 0.1) is 5.92 Å². The molecule has 0 radical (unpaired) electrons. The minimum atomic E-state index is -0.472. The first-order chi connectivity index (χ1) is 8.73. The molecule has 0 N–H and O–H groups in total. The van der Waals surface area contributed by atoms with Crippen LogP contribution in [-0.2, 0) is 9.53 Å². The number of hydrogen-bond donors (Lipinski definition) is 0. The first-order valence-electron chi connectivity index (χ1n) is 6.51. The van der Waals surface area contributed by atoms with Crippen molar-refractivity contribution in [1.29, 1.82) is 0 Å². The van der Waals surface area contributed by atoms with E-state index in [-0.39, 0.29) is 17.9 Å².